The molecular formula is C10H16O6. The number of ether oxygens (including phenoxy) is 1. The van der Waals surface area contributed by atoms with Crippen LogP contribution in [0.15, 0.2) is 0 Å². The second-order valence-electron chi connectivity index (χ2n) is 4.27. The van der Waals surface area contributed by atoms with Crippen molar-refractivity contribution in [1.29, 1.82) is 0 Å². The molecule has 0 aliphatic rings. The van der Waals surface area contributed by atoms with Crippen LogP contribution in [0, 0.1) is 0 Å². The van der Waals surface area contributed by atoms with E-state index in [0.29, 0.717) is 0 Å². The molecule has 0 aliphatic heterocycles. The SMILES string of the molecule is CC(=O)CC(=O)OC(=O)C(C)(O)C(C)(C)O. The third-order valence-electron chi connectivity index (χ3n) is 2.19. The zero-order valence-electron chi connectivity index (χ0n) is 9.73. The second kappa shape index (κ2) is 4.71. The number of hydrogen-bond donors (Lipinski definition) is 2. The molecule has 6 nitrogen and oxygen atoms in total. The van der Waals surface area contributed by atoms with Gasteiger partial charge in [0.15, 0.2) is 5.60 Å². The fraction of sp³-hybridized carbons (Fsp3) is 0.700. The monoisotopic (exact) mass is 232 g/mol. The van der Waals surface area contributed by atoms with E-state index in [1.54, 1.807) is 0 Å². The Morgan fingerprint density at radius 1 is 1.12 bits per heavy atom. The summed E-state index contributed by atoms with van der Waals surface area (Å²) in [5.41, 5.74) is -3.99. The maximum atomic E-state index is 11.3. The molecule has 1 atom stereocenters. The summed E-state index contributed by atoms with van der Waals surface area (Å²) in [6.45, 7) is 4.59. The van der Waals surface area contributed by atoms with Gasteiger partial charge in [-0.2, -0.15) is 0 Å². The molecule has 0 rings (SSSR count). The average molecular weight is 232 g/mol. The molecule has 0 radical (unpaired) electrons. The van der Waals surface area contributed by atoms with E-state index >= 15 is 0 Å². The van der Waals surface area contributed by atoms with Crippen LogP contribution in [0.2, 0.25) is 0 Å². The van der Waals surface area contributed by atoms with Crippen LogP contribution in [0.4, 0.5) is 0 Å². The lowest BCUT2D eigenvalue weighted by atomic mass is 9.88. The van der Waals surface area contributed by atoms with Gasteiger partial charge in [0.25, 0.3) is 0 Å². The highest BCUT2D eigenvalue weighted by Crippen LogP contribution is 2.22. The fourth-order valence-corrected chi connectivity index (χ4v) is 0.692. The first-order valence-corrected chi connectivity index (χ1v) is 4.67. The van der Waals surface area contributed by atoms with E-state index in [2.05, 4.69) is 4.74 Å². The molecule has 6 heteroatoms. The summed E-state index contributed by atoms with van der Waals surface area (Å²) in [5, 5.41) is 19.1. The minimum Gasteiger partial charge on any atom is -0.391 e. The van der Waals surface area contributed by atoms with Gasteiger partial charge in [-0.3, -0.25) is 9.59 Å². The highest BCUT2D eigenvalue weighted by atomic mass is 16.6. The number of hydrogen-bond acceptors (Lipinski definition) is 6. The van der Waals surface area contributed by atoms with Crippen molar-refractivity contribution in [3.63, 3.8) is 0 Å². The largest absolute Gasteiger partial charge is 0.391 e. The van der Waals surface area contributed by atoms with Crippen molar-refractivity contribution in [2.24, 2.45) is 0 Å². The quantitative estimate of drug-likeness (QED) is 0.503. The van der Waals surface area contributed by atoms with Gasteiger partial charge in [-0.15, -0.1) is 0 Å². The van der Waals surface area contributed by atoms with Crippen LogP contribution in [0.3, 0.4) is 0 Å². The summed E-state index contributed by atoms with van der Waals surface area (Å²) in [7, 11) is 0. The molecule has 0 aliphatic carbocycles. The van der Waals surface area contributed by atoms with E-state index in [9.17, 15) is 24.6 Å². The minimum absolute atomic E-state index is 0.458. The number of aliphatic hydroxyl groups is 2. The highest BCUT2D eigenvalue weighted by molar-refractivity contribution is 5.99. The van der Waals surface area contributed by atoms with Gasteiger partial charge in [-0.05, 0) is 27.7 Å². The Morgan fingerprint density at radius 3 is 1.88 bits per heavy atom. The molecule has 0 aromatic carbocycles. The van der Waals surface area contributed by atoms with Gasteiger partial charge >= 0.3 is 11.9 Å². The van der Waals surface area contributed by atoms with Crippen molar-refractivity contribution in [3.05, 3.63) is 0 Å². The molecule has 2 N–H and O–H groups in total. The third kappa shape index (κ3) is 3.71. The summed E-state index contributed by atoms with van der Waals surface area (Å²) < 4.78 is 4.24. The molecule has 0 heterocycles. The van der Waals surface area contributed by atoms with Crippen LogP contribution in [0.5, 0.6) is 0 Å². The molecule has 92 valence electrons. The number of esters is 2. The topological polar surface area (TPSA) is 101 Å². The Morgan fingerprint density at radius 2 is 1.56 bits per heavy atom. The van der Waals surface area contributed by atoms with Crippen molar-refractivity contribution in [2.75, 3.05) is 0 Å². The maximum absolute atomic E-state index is 11.3. The smallest absolute Gasteiger partial charge is 0.348 e. The molecule has 0 aromatic rings. The molecular weight excluding hydrogens is 216 g/mol. The number of carbonyl (C=O) groups is 3. The van der Waals surface area contributed by atoms with Crippen molar-refractivity contribution < 1.29 is 29.3 Å². The summed E-state index contributed by atoms with van der Waals surface area (Å²) in [6.07, 6.45) is -0.548. The van der Waals surface area contributed by atoms with Crippen molar-refractivity contribution in [3.8, 4) is 0 Å². The summed E-state index contributed by atoms with van der Waals surface area (Å²) >= 11 is 0. The maximum Gasteiger partial charge on any atom is 0.348 e. The molecule has 0 fully saturated rings. The molecule has 0 bridgehead atoms. The summed E-state index contributed by atoms with van der Waals surface area (Å²) in [4.78, 5) is 32.9. The highest BCUT2D eigenvalue weighted by Gasteiger charge is 2.46. The summed E-state index contributed by atoms with van der Waals surface area (Å²) in [6, 6.07) is 0. The molecule has 16 heavy (non-hydrogen) atoms. The Hall–Kier alpha value is -1.27. The second-order valence-corrected chi connectivity index (χ2v) is 4.27. The Labute approximate surface area is 93.2 Å². The van der Waals surface area contributed by atoms with E-state index < -0.39 is 35.3 Å². The van der Waals surface area contributed by atoms with E-state index in [1.807, 2.05) is 0 Å². The van der Waals surface area contributed by atoms with E-state index in [4.69, 9.17) is 0 Å². The lowest BCUT2D eigenvalue weighted by molar-refractivity contribution is -0.191. The summed E-state index contributed by atoms with van der Waals surface area (Å²) in [5.74, 6) is -2.80. The Bertz CT molecular complexity index is 310. The van der Waals surface area contributed by atoms with E-state index in [1.165, 1.54) is 20.8 Å². The normalized spacial score (nSPS) is 15.1. The lowest BCUT2D eigenvalue weighted by Gasteiger charge is -2.32. The first kappa shape index (κ1) is 14.7. The van der Waals surface area contributed by atoms with Gasteiger partial charge in [0, 0.05) is 0 Å². The minimum atomic E-state index is -2.22. The van der Waals surface area contributed by atoms with Crippen molar-refractivity contribution >= 4 is 17.7 Å². The number of rotatable bonds is 4. The molecule has 0 saturated carbocycles. The molecule has 0 amide bonds. The van der Waals surface area contributed by atoms with Crippen LogP contribution in [0.1, 0.15) is 34.1 Å². The zero-order chi connectivity index (χ0) is 13.1. The lowest BCUT2D eigenvalue weighted by Crippen LogP contribution is -2.54. The van der Waals surface area contributed by atoms with E-state index in [0.717, 1.165) is 6.92 Å². The van der Waals surface area contributed by atoms with Crippen LogP contribution in [-0.4, -0.2) is 39.1 Å². The standard InChI is InChI=1S/C10H16O6/c1-6(11)5-7(12)16-8(13)10(4,15)9(2,3)14/h14-15H,5H2,1-4H3. The van der Waals surface area contributed by atoms with Crippen LogP contribution >= 0.6 is 0 Å². The van der Waals surface area contributed by atoms with Gasteiger partial charge in [-0.25, -0.2) is 4.79 Å². The van der Waals surface area contributed by atoms with Crippen molar-refractivity contribution in [2.45, 2.75) is 45.3 Å². The Kier molecular flexibility index (Phi) is 4.34. The first-order chi connectivity index (χ1) is 6.98. The molecule has 0 saturated heterocycles. The number of carbonyl (C=O) groups excluding carboxylic acids is 3. The Balaban J connectivity index is 4.60. The molecule has 1 unspecified atom stereocenters. The predicted molar refractivity (Wildman–Crippen MR) is 53.3 cm³/mol. The number of Topliss-reactive ketones (excluding diaryl/α,β-unsaturated/α-hetero) is 1. The van der Waals surface area contributed by atoms with Gasteiger partial charge < -0.3 is 14.9 Å². The zero-order valence-corrected chi connectivity index (χ0v) is 9.73. The van der Waals surface area contributed by atoms with Gasteiger partial charge in [0.2, 0.25) is 0 Å². The van der Waals surface area contributed by atoms with Gasteiger partial charge in [0.05, 0.1) is 5.60 Å². The van der Waals surface area contributed by atoms with E-state index in [-0.39, 0.29) is 0 Å². The average Bonchev–Trinajstić information content (AvgIpc) is 1.99. The first-order valence-electron chi connectivity index (χ1n) is 4.67. The van der Waals surface area contributed by atoms with Crippen molar-refractivity contribution in [1.82, 2.24) is 0 Å². The third-order valence-corrected chi connectivity index (χ3v) is 2.19. The van der Waals surface area contributed by atoms with Crippen LogP contribution in [-0.2, 0) is 19.1 Å². The van der Waals surface area contributed by atoms with Crippen LogP contribution in [0.25, 0.3) is 0 Å². The fourth-order valence-electron chi connectivity index (χ4n) is 0.692. The van der Waals surface area contributed by atoms with Crippen LogP contribution < -0.4 is 0 Å². The molecule has 0 aromatic heterocycles. The van der Waals surface area contributed by atoms with Gasteiger partial charge in [0.1, 0.15) is 12.2 Å². The number of ketones is 1. The predicted octanol–water partition coefficient (Wildman–Crippen LogP) is -0.443. The van der Waals surface area contributed by atoms with Gasteiger partial charge in [-0.1, -0.05) is 0 Å². The molecule has 0 spiro atoms.